The minimum absolute atomic E-state index is 0.0309. The van der Waals surface area contributed by atoms with Crippen molar-refractivity contribution in [2.75, 3.05) is 39.0 Å². The van der Waals surface area contributed by atoms with Crippen molar-refractivity contribution in [3.8, 4) is 0 Å². The van der Waals surface area contributed by atoms with Crippen LogP contribution >= 0.6 is 0 Å². The molecule has 7 heteroatoms. The summed E-state index contributed by atoms with van der Waals surface area (Å²) in [7, 11) is -3.14. The topological polar surface area (TPSA) is 69.7 Å². The molecule has 0 spiro atoms. The van der Waals surface area contributed by atoms with Crippen LogP contribution in [0.3, 0.4) is 0 Å². The van der Waals surface area contributed by atoms with E-state index in [4.69, 9.17) is 0 Å². The van der Waals surface area contributed by atoms with Crippen molar-refractivity contribution in [2.24, 2.45) is 0 Å². The van der Waals surface area contributed by atoms with Crippen LogP contribution in [0.1, 0.15) is 12.0 Å². The number of hydrogen-bond donors (Lipinski definition) is 1. The van der Waals surface area contributed by atoms with E-state index in [1.807, 2.05) is 35.2 Å². The Bertz CT molecular complexity index is 589. The molecule has 0 aromatic heterocycles. The van der Waals surface area contributed by atoms with Crippen molar-refractivity contribution in [2.45, 2.75) is 13.0 Å². The first kappa shape index (κ1) is 16.9. The lowest BCUT2D eigenvalue weighted by molar-refractivity contribution is -0.122. The Labute approximate surface area is 132 Å². The second kappa shape index (κ2) is 7.71. The highest BCUT2D eigenvalue weighted by atomic mass is 32.2. The monoisotopic (exact) mass is 325 g/mol. The third kappa shape index (κ3) is 5.40. The van der Waals surface area contributed by atoms with Gasteiger partial charge < -0.3 is 5.32 Å². The van der Waals surface area contributed by atoms with Gasteiger partial charge in [-0.15, -0.1) is 0 Å². The van der Waals surface area contributed by atoms with Gasteiger partial charge in [-0.1, -0.05) is 30.3 Å². The fraction of sp³-hybridized carbons (Fsp3) is 0.533. The molecule has 0 aliphatic carbocycles. The fourth-order valence-electron chi connectivity index (χ4n) is 2.49. The number of nitrogens with zero attached hydrogens (tertiary/aromatic N) is 2. The summed E-state index contributed by atoms with van der Waals surface area (Å²) in [6.07, 6.45) is 1.98. The normalized spacial score (nSPS) is 17.9. The molecular weight excluding hydrogens is 302 g/mol. The van der Waals surface area contributed by atoms with Crippen molar-refractivity contribution in [1.29, 1.82) is 0 Å². The molecule has 0 saturated carbocycles. The summed E-state index contributed by atoms with van der Waals surface area (Å²) in [5.74, 6) is -0.0309. The van der Waals surface area contributed by atoms with Crippen molar-refractivity contribution < 1.29 is 13.2 Å². The molecule has 0 atom stereocenters. The molecule has 1 amide bonds. The van der Waals surface area contributed by atoms with Crippen LogP contribution in [0, 0.1) is 0 Å². The summed E-state index contributed by atoms with van der Waals surface area (Å²) >= 11 is 0. The zero-order valence-electron chi connectivity index (χ0n) is 12.9. The number of carbonyl (C=O) groups excluding carboxylic acids is 1. The number of sulfonamides is 1. The van der Waals surface area contributed by atoms with Gasteiger partial charge in [0.2, 0.25) is 15.9 Å². The molecule has 0 radical (unpaired) electrons. The quantitative estimate of drug-likeness (QED) is 0.844. The van der Waals surface area contributed by atoms with E-state index in [-0.39, 0.29) is 5.91 Å². The molecule has 1 aliphatic rings. The van der Waals surface area contributed by atoms with Gasteiger partial charge in [0.25, 0.3) is 0 Å². The molecule has 6 nitrogen and oxygen atoms in total. The highest BCUT2D eigenvalue weighted by molar-refractivity contribution is 7.88. The third-order valence-corrected chi connectivity index (χ3v) is 5.02. The van der Waals surface area contributed by atoms with Crippen LogP contribution in [-0.2, 0) is 21.4 Å². The average molecular weight is 325 g/mol. The lowest BCUT2D eigenvalue weighted by atomic mass is 10.2. The number of rotatable bonds is 5. The molecule has 2 rings (SSSR count). The zero-order valence-corrected chi connectivity index (χ0v) is 13.7. The van der Waals surface area contributed by atoms with Gasteiger partial charge in [0, 0.05) is 26.2 Å². The molecule has 1 aliphatic heterocycles. The molecule has 1 saturated heterocycles. The highest BCUT2D eigenvalue weighted by Crippen LogP contribution is 2.06. The summed E-state index contributed by atoms with van der Waals surface area (Å²) in [5.41, 5.74) is 1.06. The minimum Gasteiger partial charge on any atom is -0.351 e. The van der Waals surface area contributed by atoms with E-state index in [1.54, 1.807) is 0 Å². The lowest BCUT2D eigenvalue weighted by Crippen LogP contribution is -2.39. The zero-order chi connectivity index (χ0) is 16.0. The predicted molar refractivity (Wildman–Crippen MR) is 85.8 cm³/mol. The van der Waals surface area contributed by atoms with Crippen LogP contribution in [0.2, 0.25) is 0 Å². The Kier molecular flexibility index (Phi) is 5.93. The average Bonchev–Trinajstić information content (AvgIpc) is 2.71. The highest BCUT2D eigenvalue weighted by Gasteiger charge is 2.22. The number of carbonyl (C=O) groups is 1. The molecule has 1 aromatic rings. The first-order valence-electron chi connectivity index (χ1n) is 7.43. The van der Waals surface area contributed by atoms with Crippen LogP contribution < -0.4 is 5.32 Å². The molecule has 1 heterocycles. The van der Waals surface area contributed by atoms with Crippen LogP contribution in [0.4, 0.5) is 0 Å². The van der Waals surface area contributed by atoms with E-state index >= 15 is 0 Å². The number of benzene rings is 1. The summed E-state index contributed by atoms with van der Waals surface area (Å²) in [6.45, 7) is 3.13. The number of nitrogens with one attached hydrogen (secondary N) is 1. The molecule has 0 bridgehead atoms. The van der Waals surface area contributed by atoms with Gasteiger partial charge in [0.1, 0.15) is 0 Å². The van der Waals surface area contributed by atoms with E-state index in [1.165, 1.54) is 10.6 Å². The summed E-state index contributed by atoms with van der Waals surface area (Å²) in [4.78, 5) is 14.0. The fourth-order valence-corrected chi connectivity index (χ4v) is 3.37. The molecule has 0 unspecified atom stereocenters. The first-order valence-corrected chi connectivity index (χ1v) is 9.28. The number of hydrogen-bond acceptors (Lipinski definition) is 4. The van der Waals surface area contributed by atoms with Gasteiger partial charge in [-0.05, 0) is 18.5 Å². The Morgan fingerprint density at radius 3 is 2.55 bits per heavy atom. The number of amides is 1. The van der Waals surface area contributed by atoms with Gasteiger partial charge in [0.15, 0.2) is 0 Å². The Hall–Kier alpha value is -1.44. The second-order valence-corrected chi connectivity index (χ2v) is 7.54. The molecule has 1 N–H and O–H groups in total. The van der Waals surface area contributed by atoms with Crippen LogP contribution in [0.5, 0.6) is 0 Å². The SMILES string of the molecule is CS(=O)(=O)N1CCCN(CC(=O)NCc2ccccc2)CC1. The van der Waals surface area contributed by atoms with Crippen LogP contribution in [0.15, 0.2) is 30.3 Å². The third-order valence-electron chi connectivity index (χ3n) is 3.72. The van der Waals surface area contributed by atoms with E-state index < -0.39 is 10.0 Å². The maximum absolute atomic E-state index is 12.0. The van der Waals surface area contributed by atoms with E-state index in [2.05, 4.69) is 5.32 Å². The summed E-state index contributed by atoms with van der Waals surface area (Å²) in [6, 6.07) is 9.76. The second-order valence-electron chi connectivity index (χ2n) is 5.55. The lowest BCUT2D eigenvalue weighted by Gasteiger charge is -2.20. The van der Waals surface area contributed by atoms with Crippen LogP contribution in [-0.4, -0.2) is 62.5 Å². The maximum atomic E-state index is 12.0. The minimum atomic E-state index is -3.14. The standard InChI is InChI=1S/C15H23N3O3S/c1-22(20,21)18-9-5-8-17(10-11-18)13-15(19)16-12-14-6-3-2-4-7-14/h2-4,6-7H,5,8-13H2,1H3,(H,16,19). The molecule has 1 fully saturated rings. The predicted octanol–water partition coefficient (Wildman–Crippen LogP) is 0.270. The summed E-state index contributed by atoms with van der Waals surface area (Å²) in [5, 5.41) is 2.90. The van der Waals surface area contributed by atoms with E-state index in [0.717, 1.165) is 18.5 Å². The Morgan fingerprint density at radius 2 is 1.86 bits per heavy atom. The Balaban J connectivity index is 1.77. The smallest absolute Gasteiger partial charge is 0.234 e. The van der Waals surface area contributed by atoms with Gasteiger partial charge in [-0.25, -0.2) is 12.7 Å². The molecular formula is C15H23N3O3S. The van der Waals surface area contributed by atoms with E-state index in [0.29, 0.717) is 32.7 Å². The molecule has 1 aromatic carbocycles. The Morgan fingerprint density at radius 1 is 1.14 bits per heavy atom. The van der Waals surface area contributed by atoms with E-state index in [9.17, 15) is 13.2 Å². The largest absolute Gasteiger partial charge is 0.351 e. The van der Waals surface area contributed by atoms with Crippen molar-refractivity contribution in [1.82, 2.24) is 14.5 Å². The van der Waals surface area contributed by atoms with Crippen molar-refractivity contribution >= 4 is 15.9 Å². The van der Waals surface area contributed by atoms with Gasteiger partial charge >= 0.3 is 0 Å². The summed E-state index contributed by atoms with van der Waals surface area (Å²) < 4.78 is 24.6. The maximum Gasteiger partial charge on any atom is 0.234 e. The van der Waals surface area contributed by atoms with Crippen molar-refractivity contribution in [3.05, 3.63) is 35.9 Å². The first-order chi connectivity index (χ1) is 10.4. The van der Waals surface area contributed by atoms with Crippen molar-refractivity contribution in [3.63, 3.8) is 0 Å². The molecule has 122 valence electrons. The molecule has 22 heavy (non-hydrogen) atoms. The van der Waals surface area contributed by atoms with Gasteiger partial charge in [0.05, 0.1) is 12.8 Å². The van der Waals surface area contributed by atoms with Gasteiger partial charge in [-0.2, -0.15) is 0 Å². The van der Waals surface area contributed by atoms with Crippen LogP contribution in [0.25, 0.3) is 0 Å². The van der Waals surface area contributed by atoms with Gasteiger partial charge in [-0.3, -0.25) is 9.69 Å².